The largest absolute Gasteiger partial charge is 0.550 e. The lowest BCUT2D eigenvalue weighted by molar-refractivity contribution is -0.305. The highest BCUT2D eigenvalue weighted by atomic mass is 16.4. The van der Waals surface area contributed by atoms with Gasteiger partial charge in [-0.05, 0) is 56.9 Å². The van der Waals surface area contributed by atoms with E-state index < -0.39 is 5.97 Å². The van der Waals surface area contributed by atoms with Gasteiger partial charge < -0.3 is 9.90 Å². The number of aliphatic carboxylic acids is 1. The van der Waals surface area contributed by atoms with Crippen LogP contribution in [0.1, 0.15) is 36.9 Å². The number of hydrogen-bond acceptors (Lipinski definition) is 5. The molecule has 0 amide bonds. The maximum atomic E-state index is 10.6. The molecule has 0 aliphatic carbocycles. The summed E-state index contributed by atoms with van der Waals surface area (Å²) in [5, 5.41) is 16.3. The number of unbranched alkanes of at least 4 members (excludes halogenated alkanes) is 1. The van der Waals surface area contributed by atoms with Crippen LogP contribution in [0.5, 0.6) is 0 Å². The van der Waals surface area contributed by atoms with Crippen molar-refractivity contribution in [3.8, 4) is 0 Å². The normalized spacial score (nSPS) is 11.5. The van der Waals surface area contributed by atoms with Gasteiger partial charge in [-0.15, -0.1) is 0 Å². The van der Waals surface area contributed by atoms with Crippen LogP contribution in [-0.2, 0) is 4.79 Å². The number of aryl methyl sites for hydroxylation is 1. The molecule has 5 heteroatoms. The highest BCUT2D eigenvalue weighted by Gasteiger charge is 2.07. The topological polar surface area (TPSA) is 77.4 Å². The van der Waals surface area contributed by atoms with Gasteiger partial charge in [0.15, 0.2) is 0 Å². The number of carboxylic acid groups (broad SMARTS) is 1. The summed E-state index contributed by atoms with van der Waals surface area (Å²) >= 11 is 0. The number of carboxylic acids is 1. The molecule has 0 atom stereocenters. The molecule has 2 aromatic carbocycles. The molecule has 0 unspecified atom stereocenters. The molecule has 0 spiro atoms. The van der Waals surface area contributed by atoms with E-state index in [0.717, 1.165) is 28.0 Å². The minimum Gasteiger partial charge on any atom is -0.550 e. The Morgan fingerprint density at radius 3 is 2.52 bits per heavy atom. The monoisotopic (exact) mass is 360 g/mol. The van der Waals surface area contributed by atoms with E-state index in [2.05, 4.69) is 10.5 Å². The first-order chi connectivity index (χ1) is 13.1. The Morgan fingerprint density at radius 2 is 1.74 bits per heavy atom. The highest BCUT2D eigenvalue weighted by Crippen LogP contribution is 2.16. The van der Waals surface area contributed by atoms with Gasteiger partial charge in [0.1, 0.15) is 0 Å². The number of nitrogens with one attached hydrogen (secondary N) is 1. The molecule has 0 radical (unpaired) electrons. The molecule has 0 bridgehead atoms. The lowest BCUT2D eigenvalue weighted by Gasteiger charge is -2.09. The number of aromatic nitrogens is 1. The standard InChI is InChI=1S/C22H23N3O2/c1-16-10-13-18(14-11-16)24-25-21(8-4-5-9-22(26)27)20-15-12-17-6-2-3-7-19(17)23-20/h2-3,6-7,10-15,24H,4-5,8-9H2,1H3,(H,26,27)/p-1/b25-21-. The number of para-hydroxylation sites is 1. The van der Waals surface area contributed by atoms with Crippen LogP contribution in [0.3, 0.4) is 0 Å². The zero-order chi connectivity index (χ0) is 19.1. The van der Waals surface area contributed by atoms with Gasteiger partial charge >= 0.3 is 0 Å². The fourth-order valence-corrected chi connectivity index (χ4v) is 2.79. The Labute approximate surface area is 158 Å². The van der Waals surface area contributed by atoms with E-state index in [0.29, 0.717) is 19.3 Å². The summed E-state index contributed by atoms with van der Waals surface area (Å²) in [4.78, 5) is 15.3. The maximum Gasteiger partial charge on any atom is 0.0870 e. The van der Waals surface area contributed by atoms with Crippen molar-refractivity contribution in [2.45, 2.75) is 32.6 Å². The Hall–Kier alpha value is -3.21. The second-order valence-electron chi connectivity index (χ2n) is 6.50. The van der Waals surface area contributed by atoms with Crippen LogP contribution in [0.2, 0.25) is 0 Å². The minimum absolute atomic E-state index is 0.0593. The first kappa shape index (κ1) is 18.6. The average Bonchev–Trinajstić information content (AvgIpc) is 2.68. The summed E-state index contributed by atoms with van der Waals surface area (Å²) in [5.41, 5.74) is 7.68. The Bertz CT molecular complexity index is 949. The van der Waals surface area contributed by atoms with Crippen LogP contribution in [0.25, 0.3) is 10.9 Å². The fraction of sp³-hybridized carbons (Fsp3) is 0.227. The van der Waals surface area contributed by atoms with E-state index in [1.807, 2.05) is 67.6 Å². The van der Waals surface area contributed by atoms with Gasteiger partial charge in [0.05, 0.1) is 22.6 Å². The highest BCUT2D eigenvalue weighted by molar-refractivity contribution is 6.00. The van der Waals surface area contributed by atoms with Gasteiger partial charge in [0.2, 0.25) is 0 Å². The summed E-state index contributed by atoms with van der Waals surface area (Å²) in [6.07, 6.45) is 1.96. The molecule has 1 N–H and O–H groups in total. The van der Waals surface area contributed by atoms with Crippen molar-refractivity contribution in [1.29, 1.82) is 0 Å². The molecule has 0 aliphatic rings. The van der Waals surface area contributed by atoms with Gasteiger partial charge in [-0.2, -0.15) is 5.10 Å². The number of nitrogens with zero attached hydrogens (tertiary/aromatic N) is 2. The number of hydrogen-bond donors (Lipinski definition) is 1. The summed E-state index contributed by atoms with van der Waals surface area (Å²) in [6, 6.07) is 19.9. The molecule has 0 saturated heterocycles. The average molecular weight is 360 g/mol. The molecular weight excluding hydrogens is 338 g/mol. The number of anilines is 1. The molecule has 0 aliphatic heterocycles. The van der Waals surface area contributed by atoms with E-state index in [-0.39, 0.29) is 6.42 Å². The number of benzene rings is 2. The van der Waals surface area contributed by atoms with Gasteiger partial charge in [-0.3, -0.25) is 5.43 Å². The van der Waals surface area contributed by atoms with Crippen LogP contribution in [0, 0.1) is 6.92 Å². The lowest BCUT2D eigenvalue weighted by Crippen LogP contribution is -2.21. The van der Waals surface area contributed by atoms with Crippen LogP contribution >= 0.6 is 0 Å². The van der Waals surface area contributed by atoms with Crippen molar-refractivity contribution in [3.63, 3.8) is 0 Å². The molecule has 138 valence electrons. The molecule has 27 heavy (non-hydrogen) atoms. The Kier molecular flexibility index (Phi) is 6.15. The predicted octanol–water partition coefficient (Wildman–Crippen LogP) is 3.67. The second-order valence-corrected chi connectivity index (χ2v) is 6.50. The number of pyridine rings is 1. The molecule has 3 aromatic rings. The zero-order valence-electron chi connectivity index (χ0n) is 15.3. The number of carbonyl (C=O) groups is 1. The van der Waals surface area contributed by atoms with Crippen molar-refractivity contribution in [1.82, 2.24) is 4.98 Å². The number of fused-ring (bicyclic) bond motifs is 1. The first-order valence-corrected chi connectivity index (χ1v) is 9.07. The summed E-state index contributed by atoms with van der Waals surface area (Å²) in [5.74, 6) is -1.02. The second kappa shape index (κ2) is 8.94. The molecular formula is C22H22N3O2-. The molecule has 0 fully saturated rings. The molecule has 1 aromatic heterocycles. The van der Waals surface area contributed by atoms with Gasteiger partial charge in [0.25, 0.3) is 0 Å². The van der Waals surface area contributed by atoms with E-state index in [4.69, 9.17) is 4.98 Å². The van der Waals surface area contributed by atoms with E-state index >= 15 is 0 Å². The third-order valence-electron chi connectivity index (χ3n) is 4.31. The van der Waals surface area contributed by atoms with E-state index in [1.165, 1.54) is 5.56 Å². The summed E-state index contributed by atoms with van der Waals surface area (Å²) in [6.45, 7) is 2.04. The minimum atomic E-state index is -1.02. The van der Waals surface area contributed by atoms with Crippen molar-refractivity contribution >= 4 is 28.3 Å². The molecule has 1 heterocycles. The number of hydrazone groups is 1. The quantitative estimate of drug-likeness (QED) is 0.378. The molecule has 5 nitrogen and oxygen atoms in total. The fourth-order valence-electron chi connectivity index (χ4n) is 2.79. The zero-order valence-corrected chi connectivity index (χ0v) is 15.3. The van der Waals surface area contributed by atoms with Crippen molar-refractivity contribution in [2.24, 2.45) is 5.10 Å². The van der Waals surface area contributed by atoms with Crippen molar-refractivity contribution in [2.75, 3.05) is 5.43 Å². The van der Waals surface area contributed by atoms with Crippen molar-refractivity contribution < 1.29 is 9.90 Å². The van der Waals surface area contributed by atoms with Crippen molar-refractivity contribution in [3.05, 3.63) is 71.9 Å². The Balaban J connectivity index is 1.81. The first-order valence-electron chi connectivity index (χ1n) is 9.07. The van der Waals surface area contributed by atoms with Crippen LogP contribution < -0.4 is 10.5 Å². The third kappa shape index (κ3) is 5.38. The number of carbonyl (C=O) groups excluding carboxylic acids is 1. The van der Waals surface area contributed by atoms with Crippen LogP contribution in [0.15, 0.2) is 65.8 Å². The third-order valence-corrected chi connectivity index (χ3v) is 4.31. The van der Waals surface area contributed by atoms with E-state index in [1.54, 1.807) is 0 Å². The van der Waals surface area contributed by atoms with Gasteiger partial charge in [-0.25, -0.2) is 4.98 Å². The SMILES string of the molecule is Cc1ccc(N/N=C(/CCCCC(=O)[O-])c2ccc3ccccc3n2)cc1. The number of rotatable bonds is 8. The van der Waals surface area contributed by atoms with Crippen LogP contribution in [0.4, 0.5) is 5.69 Å². The molecule has 3 rings (SSSR count). The van der Waals surface area contributed by atoms with E-state index in [9.17, 15) is 9.90 Å². The van der Waals surface area contributed by atoms with Crippen LogP contribution in [-0.4, -0.2) is 16.7 Å². The van der Waals surface area contributed by atoms with Gasteiger partial charge in [0, 0.05) is 11.4 Å². The summed E-state index contributed by atoms with van der Waals surface area (Å²) in [7, 11) is 0. The maximum absolute atomic E-state index is 10.6. The smallest absolute Gasteiger partial charge is 0.0870 e. The Morgan fingerprint density at radius 1 is 1.00 bits per heavy atom. The van der Waals surface area contributed by atoms with Gasteiger partial charge in [-0.1, -0.05) is 42.0 Å². The predicted molar refractivity (Wildman–Crippen MR) is 107 cm³/mol. The summed E-state index contributed by atoms with van der Waals surface area (Å²) < 4.78 is 0. The molecule has 0 saturated carbocycles. The lowest BCUT2D eigenvalue weighted by atomic mass is 10.1.